The van der Waals surface area contributed by atoms with Crippen molar-refractivity contribution >= 4 is 15.8 Å². The van der Waals surface area contributed by atoms with Crippen LogP contribution in [0.5, 0.6) is 23.1 Å². The average molecular weight is 525 g/mol. The van der Waals surface area contributed by atoms with Gasteiger partial charge >= 0.3 is 0 Å². The smallest absolute Gasteiger partial charge is 0.263 e. The number of benzene rings is 2. The van der Waals surface area contributed by atoms with Gasteiger partial charge in [-0.25, -0.2) is 13.4 Å². The maximum atomic E-state index is 13.3. The van der Waals surface area contributed by atoms with E-state index < -0.39 is 15.6 Å². The molecular weight excluding hydrogens is 500 g/mol. The second kappa shape index (κ2) is 11.1. The molecule has 37 heavy (non-hydrogen) atoms. The van der Waals surface area contributed by atoms with E-state index in [0.717, 1.165) is 5.56 Å². The highest BCUT2D eigenvalue weighted by Gasteiger charge is 2.25. The lowest BCUT2D eigenvalue weighted by atomic mass is 10.2. The number of aryl methyl sites for hydroxylation is 1. The summed E-state index contributed by atoms with van der Waals surface area (Å²) in [6, 6.07) is 15.8. The maximum Gasteiger partial charge on any atom is 0.263 e. The van der Waals surface area contributed by atoms with Gasteiger partial charge in [-0.3, -0.25) is 9.52 Å². The molecule has 0 atom stereocenters. The summed E-state index contributed by atoms with van der Waals surface area (Å²) in [6.07, 6.45) is 1.41. The molecule has 11 nitrogen and oxygen atoms in total. The van der Waals surface area contributed by atoms with Crippen LogP contribution >= 0.6 is 0 Å². The van der Waals surface area contributed by atoms with E-state index in [0.29, 0.717) is 11.3 Å². The summed E-state index contributed by atoms with van der Waals surface area (Å²) in [5.74, 6) is 0.0237. The fourth-order valence-corrected chi connectivity index (χ4v) is 4.27. The van der Waals surface area contributed by atoms with Crippen molar-refractivity contribution < 1.29 is 27.7 Å². The van der Waals surface area contributed by atoms with Crippen LogP contribution in [0.25, 0.3) is 11.4 Å². The van der Waals surface area contributed by atoms with Crippen molar-refractivity contribution in [2.24, 2.45) is 0 Å². The topological polar surface area (TPSA) is 153 Å². The Hall–Kier alpha value is -4.42. The minimum absolute atomic E-state index is 0.00418. The Morgan fingerprint density at radius 1 is 1.03 bits per heavy atom. The van der Waals surface area contributed by atoms with Gasteiger partial charge in [0.1, 0.15) is 6.61 Å². The third kappa shape index (κ3) is 6.05. The quantitative estimate of drug-likeness (QED) is 0.284. The number of anilines is 1. The molecular formula is C25H24N4O7S. The first-order valence-corrected chi connectivity index (χ1v) is 12.5. The zero-order valence-electron chi connectivity index (χ0n) is 20.0. The molecule has 0 saturated heterocycles. The number of aromatic nitrogens is 3. The first-order chi connectivity index (χ1) is 17.8. The first-order valence-electron chi connectivity index (χ1n) is 11.1. The van der Waals surface area contributed by atoms with Crippen LogP contribution in [0, 0.1) is 6.92 Å². The highest BCUT2D eigenvalue weighted by atomic mass is 32.2. The first kappa shape index (κ1) is 25.7. The van der Waals surface area contributed by atoms with Crippen LogP contribution in [0.1, 0.15) is 5.56 Å². The number of H-pyrrole nitrogens is 1. The zero-order chi connectivity index (χ0) is 26.4. The zero-order valence-corrected chi connectivity index (χ0v) is 20.8. The number of pyridine rings is 1. The summed E-state index contributed by atoms with van der Waals surface area (Å²) in [7, 11) is -2.67. The van der Waals surface area contributed by atoms with Crippen LogP contribution in [0.3, 0.4) is 0 Å². The molecule has 2 aromatic carbocycles. The van der Waals surface area contributed by atoms with Gasteiger partial charge in [0.2, 0.25) is 11.3 Å². The van der Waals surface area contributed by atoms with E-state index in [1.807, 2.05) is 6.92 Å². The minimum Gasteiger partial charge on any atom is -0.493 e. The fraction of sp³-hybridized carbons (Fsp3) is 0.160. The van der Waals surface area contributed by atoms with Crippen molar-refractivity contribution in [3.8, 4) is 34.5 Å². The van der Waals surface area contributed by atoms with Crippen molar-refractivity contribution in [3.63, 3.8) is 0 Å². The number of hydrogen-bond acceptors (Lipinski definition) is 9. The summed E-state index contributed by atoms with van der Waals surface area (Å²) in [4.78, 5) is 23.1. The standard InChI is InChI=1S/C25H24N4O7S/c1-16-7-9-18(10-8-16)37(32,33)29-24-22(36-20-6-4-3-5-19(20)34-2)25(35-14-13-30)28-23(27-24)17-11-12-26-21(31)15-17/h3-12,15,30H,13-14H2,1-2H3,(H,26,31)(H,27,28,29). The van der Waals surface area contributed by atoms with Gasteiger partial charge < -0.3 is 24.3 Å². The van der Waals surface area contributed by atoms with E-state index in [2.05, 4.69) is 19.7 Å². The number of para-hydroxylation sites is 2. The molecule has 192 valence electrons. The molecule has 0 unspecified atom stereocenters. The van der Waals surface area contributed by atoms with E-state index in [1.165, 1.54) is 31.5 Å². The van der Waals surface area contributed by atoms with Crippen molar-refractivity contribution in [1.29, 1.82) is 0 Å². The summed E-state index contributed by atoms with van der Waals surface area (Å²) >= 11 is 0. The number of ether oxygens (including phenoxy) is 3. The summed E-state index contributed by atoms with van der Waals surface area (Å²) in [5, 5.41) is 9.35. The molecule has 0 aliphatic heterocycles. The van der Waals surface area contributed by atoms with Gasteiger partial charge in [0.25, 0.3) is 15.9 Å². The number of aliphatic hydroxyl groups excluding tert-OH is 1. The van der Waals surface area contributed by atoms with Crippen LogP contribution in [-0.4, -0.2) is 48.8 Å². The number of aliphatic hydroxyl groups is 1. The monoisotopic (exact) mass is 524 g/mol. The highest BCUT2D eigenvalue weighted by Crippen LogP contribution is 2.41. The molecule has 0 radical (unpaired) electrons. The molecule has 0 bridgehead atoms. The second-order valence-electron chi connectivity index (χ2n) is 7.72. The van der Waals surface area contributed by atoms with Gasteiger partial charge in [0.05, 0.1) is 18.6 Å². The Morgan fingerprint density at radius 2 is 1.76 bits per heavy atom. The predicted octanol–water partition coefficient (Wildman–Crippen LogP) is 3.11. The molecule has 4 aromatic rings. The Bertz CT molecular complexity index is 1550. The molecule has 12 heteroatoms. The van der Waals surface area contributed by atoms with E-state index >= 15 is 0 Å². The number of nitrogens with zero attached hydrogens (tertiary/aromatic N) is 2. The number of methoxy groups -OCH3 is 1. The van der Waals surface area contributed by atoms with Crippen LogP contribution in [0.15, 0.2) is 76.6 Å². The Balaban J connectivity index is 1.90. The molecule has 0 spiro atoms. The van der Waals surface area contributed by atoms with Crippen molar-refractivity contribution in [2.75, 3.05) is 25.0 Å². The summed E-state index contributed by atoms with van der Waals surface area (Å²) in [5.41, 5.74) is 0.782. The van der Waals surface area contributed by atoms with Crippen LogP contribution < -0.4 is 24.5 Å². The van der Waals surface area contributed by atoms with Crippen LogP contribution in [-0.2, 0) is 10.0 Å². The van der Waals surface area contributed by atoms with Crippen molar-refractivity contribution in [1.82, 2.24) is 15.0 Å². The third-order valence-electron chi connectivity index (χ3n) is 5.04. The highest BCUT2D eigenvalue weighted by molar-refractivity contribution is 7.92. The molecule has 0 fully saturated rings. The van der Waals surface area contributed by atoms with Gasteiger partial charge in [0, 0.05) is 17.8 Å². The molecule has 0 aliphatic carbocycles. The summed E-state index contributed by atoms with van der Waals surface area (Å²) in [6.45, 7) is 1.33. The van der Waals surface area contributed by atoms with E-state index in [9.17, 15) is 18.3 Å². The number of rotatable bonds is 10. The van der Waals surface area contributed by atoms with Gasteiger partial charge in [-0.2, -0.15) is 4.98 Å². The van der Waals surface area contributed by atoms with Gasteiger partial charge in [-0.15, -0.1) is 0 Å². The molecule has 0 amide bonds. The lowest BCUT2D eigenvalue weighted by Crippen LogP contribution is -2.16. The van der Waals surface area contributed by atoms with Crippen LogP contribution in [0.2, 0.25) is 0 Å². The van der Waals surface area contributed by atoms with Crippen molar-refractivity contribution in [2.45, 2.75) is 11.8 Å². The molecule has 4 rings (SSSR count). The van der Waals surface area contributed by atoms with Crippen LogP contribution in [0.4, 0.5) is 5.82 Å². The lowest BCUT2D eigenvalue weighted by molar-refractivity contribution is 0.192. The maximum absolute atomic E-state index is 13.3. The minimum atomic E-state index is -4.13. The number of hydrogen-bond donors (Lipinski definition) is 3. The van der Waals surface area contributed by atoms with Crippen molar-refractivity contribution in [3.05, 3.63) is 82.8 Å². The van der Waals surface area contributed by atoms with E-state index in [-0.39, 0.29) is 47.1 Å². The fourth-order valence-electron chi connectivity index (χ4n) is 3.26. The second-order valence-corrected chi connectivity index (χ2v) is 9.40. The Morgan fingerprint density at radius 3 is 2.43 bits per heavy atom. The van der Waals surface area contributed by atoms with E-state index in [1.54, 1.807) is 42.5 Å². The third-order valence-corrected chi connectivity index (χ3v) is 6.40. The molecule has 0 saturated carbocycles. The molecule has 2 heterocycles. The summed E-state index contributed by atoms with van der Waals surface area (Å²) < 4.78 is 46.0. The van der Waals surface area contributed by atoms with Gasteiger partial charge in [-0.05, 0) is 37.3 Å². The molecule has 3 N–H and O–H groups in total. The SMILES string of the molecule is COc1ccccc1Oc1c(NS(=O)(=O)c2ccc(C)cc2)nc(-c2cc[nH]c(=O)c2)nc1OCCO. The molecule has 0 aliphatic rings. The Labute approximate surface area is 212 Å². The Kier molecular flexibility index (Phi) is 7.70. The predicted molar refractivity (Wildman–Crippen MR) is 136 cm³/mol. The molecule has 2 aromatic heterocycles. The normalized spacial score (nSPS) is 11.1. The number of nitrogens with one attached hydrogen (secondary N) is 2. The number of aromatic amines is 1. The average Bonchev–Trinajstić information content (AvgIpc) is 2.89. The van der Waals surface area contributed by atoms with Gasteiger partial charge in [0.15, 0.2) is 23.1 Å². The number of sulfonamides is 1. The largest absolute Gasteiger partial charge is 0.493 e. The lowest BCUT2D eigenvalue weighted by Gasteiger charge is -2.18. The van der Waals surface area contributed by atoms with Gasteiger partial charge in [-0.1, -0.05) is 29.8 Å². The van der Waals surface area contributed by atoms with E-state index in [4.69, 9.17) is 14.2 Å².